The zero-order valence-corrected chi connectivity index (χ0v) is 13.1. The third kappa shape index (κ3) is 3.05. The first-order valence-corrected chi connectivity index (χ1v) is 8.27. The molecule has 2 aromatic heterocycles. The Kier molecular flexibility index (Phi) is 4.38. The van der Waals surface area contributed by atoms with Crippen molar-refractivity contribution in [3.05, 3.63) is 16.2 Å². The lowest BCUT2D eigenvalue weighted by atomic mass is 10.3. The van der Waals surface area contributed by atoms with E-state index in [9.17, 15) is 0 Å². The minimum atomic E-state index is 0.262. The molecule has 0 bridgehead atoms. The predicted molar refractivity (Wildman–Crippen MR) is 83.0 cm³/mol. The van der Waals surface area contributed by atoms with Crippen molar-refractivity contribution < 1.29 is 4.74 Å². The SMILES string of the molecule is CCc1cc2c(OCCN3CCCC3)nc(Cl)nc2s1. The van der Waals surface area contributed by atoms with E-state index in [1.54, 1.807) is 11.3 Å². The largest absolute Gasteiger partial charge is 0.476 e. The normalized spacial score (nSPS) is 16.1. The van der Waals surface area contributed by atoms with Gasteiger partial charge in [-0.15, -0.1) is 11.3 Å². The number of halogens is 1. The second kappa shape index (κ2) is 6.24. The molecule has 3 rings (SSSR count). The average Bonchev–Trinajstić information content (AvgIpc) is 3.06. The Morgan fingerprint density at radius 3 is 2.90 bits per heavy atom. The topological polar surface area (TPSA) is 38.2 Å². The van der Waals surface area contributed by atoms with Crippen molar-refractivity contribution in [3.63, 3.8) is 0 Å². The zero-order valence-electron chi connectivity index (χ0n) is 11.6. The van der Waals surface area contributed by atoms with Crippen LogP contribution in [-0.2, 0) is 6.42 Å². The number of hydrogen-bond donors (Lipinski definition) is 0. The Balaban J connectivity index is 1.73. The van der Waals surface area contributed by atoms with Gasteiger partial charge in [0, 0.05) is 11.4 Å². The second-order valence-corrected chi connectivity index (χ2v) is 6.43. The summed E-state index contributed by atoms with van der Waals surface area (Å²) in [6.45, 7) is 6.10. The van der Waals surface area contributed by atoms with E-state index >= 15 is 0 Å². The second-order valence-electron chi connectivity index (χ2n) is 4.98. The summed E-state index contributed by atoms with van der Waals surface area (Å²) in [6, 6.07) is 2.11. The van der Waals surface area contributed by atoms with Crippen LogP contribution in [0.5, 0.6) is 5.88 Å². The van der Waals surface area contributed by atoms with Crippen LogP contribution in [0.15, 0.2) is 6.07 Å². The van der Waals surface area contributed by atoms with E-state index in [-0.39, 0.29) is 5.28 Å². The van der Waals surface area contributed by atoms with Crippen molar-refractivity contribution in [2.75, 3.05) is 26.2 Å². The molecule has 0 radical (unpaired) electrons. The van der Waals surface area contributed by atoms with Gasteiger partial charge in [-0.25, -0.2) is 4.98 Å². The van der Waals surface area contributed by atoms with Crippen LogP contribution in [0.4, 0.5) is 0 Å². The molecule has 0 aliphatic carbocycles. The summed E-state index contributed by atoms with van der Waals surface area (Å²) in [5.74, 6) is 0.621. The van der Waals surface area contributed by atoms with Crippen LogP contribution in [-0.4, -0.2) is 41.1 Å². The fourth-order valence-electron chi connectivity index (χ4n) is 2.48. The number of thiophene rings is 1. The molecule has 108 valence electrons. The van der Waals surface area contributed by atoms with Gasteiger partial charge >= 0.3 is 0 Å². The Bertz CT molecular complexity index is 595. The summed E-state index contributed by atoms with van der Waals surface area (Å²) in [6.07, 6.45) is 3.59. The molecule has 0 aromatic carbocycles. The average molecular weight is 312 g/mol. The molecule has 0 atom stereocenters. The lowest BCUT2D eigenvalue weighted by Crippen LogP contribution is -2.25. The lowest BCUT2D eigenvalue weighted by molar-refractivity contribution is 0.234. The van der Waals surface area contributed by atoms with Crippen molar-refractivity contribution in [1.29, 1.82) is 0 Å². The van der Waals surface area contributed by atoms with E-state index in [0.29, 0.717) is 12.5 Å². The van der Waals surface area contributed by atoms with E-state index in [1.165, 1.54) is 30.8 Å². The highest BCUT2D eigenvalue weighted by molar-refractivity contribution is 7.18. The summed E-state index contributed by atoms with van der Waals surface area (Å²) in [7, 11) is 0. The van der Waals surface area contributed by atoms with Crippen molar-refractivity contribution >= 4 is 33.2 Å². The fourth-order valence-corrected chi connectivity index (χ4v) is 3.65. The van der Waals surface area contributed by atoms with Gasteiger partial charge < -0.3 is 4.74 Å². The van der Waals surface area contributed by atoms with Crippen LogP contribution in [0.3, 0.4) is 0 Å². The molecular weight excluding hydrogens is 294 g/mol. The van der Waals surface area contributed by atoms with Crippen LogP contribution in [0.2, 0.25) is 5.28 Å². The molecule has 1 fully saturated rings. The van der Waals surface area contributed by atoms with Gasteiger partial charge in [-0.2, -0.15) is 4.98 Å². The maximum absolute atomic E-state index is 5.98. The highest BCUT2D eigenvalue weighted by Gasteiger charge is 2.14. The fraction of sp³-hybridized carbons (Fsp3) is 0.571. The zero-order chi connectivity index (χ0) is 13.9. The van der Waals surface area contributed by atoms with Gasteiger partial charge in [0.2, 0.25) is 11.2 Å². The minimum absolute atomic E-state index is 0.262. The van der Waals surface area contributed by atoms with Gasteiger partial charge in [0.1, 0.15) is 11.4 Å². The van der Waals surface area contributed by atoms with Crippen molar-refractivity contribution in [1.82, 2.24) is 14.9 Å². The van der Waals surface area contributed by atoms with Crippen LogP contribution < -0.4 is 4.74 Å². The first-order chi connectivity index (χ1) is 9.76. The van der Waals surface area contributed by atoms with E-state index in [1.807, 2.05) is 0 Å². The predicted octanol–water partition coefficient (Wildman–Crippen LogP) is 3.38. The highest BCUT2D eigenvalue weighted by atomic mass is 35.5. The first-order valence-electron chi connectivity index (χ1n) is 7.07. The maximum Gasteiger partial charge on any atom is 0.227 e. The molecule has 4 nitrogen and oxygen atoms in total. The van der Waals surface area contributed by atoms with E-state index in [4.69, 9.17) is 16.3 Å². The van der Waals surface area contributed by atoms with Crippen molar-refractivity contribution in [3.8, 4) is 5.88 Å². The molecule has 20 heavy (non-hydrogen) atoms. The summed E-state index contributed by atoms with van der Waals surface area (Å²) in [4.78, 5) is 13.1. The molecule has 0 N–H and O–H groups in total. The number of hydrogen-bond acceptors (Lipinski definition) is 5. The molecule has 0 amide bonds. The van der Waals surface area contributed by atoms with Crippen LogP contribution >= 0.6 is 22.9 Å². The molecular formula is C14H18ClN3OS. The third-order valence-electron chi connectivity index (χ3n) is 3.57. The molecule has 0 unspecified atom stereocenters. The molecule has 1 saturated heterocycles. The monoisotopic (exact) mass is 311 g/mol. The van der Waals surface area contributed by atoms with E-state index in [0.717, 1.165) is 23.2 Å². The van der Waals surface area contributed by atoms with Gasteiger partial charge in [-0.05, 0) is 50.0 Å². The van der Waals surface area contributed by atoms with E-state index in [2.05, 4.69) is 27.9 Å². The number of ether oxygens (including phenoxy) is 1. The highest BCUT2D eigenvalue weighted by Crippen LogP contribution is 2.31. The van der Waals surface area contributed by atoms with Crippen molar-refractivity contribution in [2.24, 2.45) is 0 Å². The Morgan fingerprint density at radius 1 is 1.35 bits per heavy atom. The van der Waals surface area contributed by atoms with Crippen LogP contribution in [0.25, 0.3) is 10.2 Å². The Labute approximate surface area is 127 Å². The number of rotatable bonds is 5. The summed E-state index contributed by atoms with van der Waals surface area (Å²) >= 11 is 7.63. The maximum atomic E-state index is 5.98. The van der Waals surface area contributed by atoms with Gasteiger partial charge in [0.25, 0.3) is 0 Å². The van der Waals surface area contributed by atoms with Gasteiger partial charge in [0.05, 0.1) is 5.39 Å². The Morgan fingerprint density at radius 2 is 2.15 bits per heavy atom. The Hall–Kier alpha value is -0.910. The quantitative estimate of drug-likeness (QED) is 0.793. The van der Waals surface area contributed by atoms with Crippen molar-refractivity contribution in [2.45, 2.75) is 26.2 Å². The summed E-state index contributed by atoms with van der Waals surface area (Å²) in [5, 5.41) is 1.25. The molecule has 1 aliphatic heterocycles. The van der Waals surface area contributed by atoms with Gasteiger partial charge in [-0.1, -0.05) is 6.92 Å². The molecule has 1 aliphatic rings. The summed E-state index contributed by atoms with van der Waals surface area (Å²) < 4.78 is 5.85. The third-order valence-corrected chi connectivity index (χ3v) is 4.92. The van der Waals surface area contributed by atoms with Gasteiger partial charge in [0.15, 0.2) is 0 Å². The van der Waals surface area contributed by atoms with Crippen LogP contribution in [0, 0.1) is 0 Å². The molecule has 0 saturated carbocycles. The van der Waals surface area contributed by atoms with Crippen LogP contribution in [0.1, 0.15) is 24.6 Å². The van der Waals surface area contributed by atoms with Gasteiger partial charge in [-0.3, -0.25) is 4.90 Å². The van der Waals surface area contributed by atoms with E-state index < -0.39 is 0 Å². The minimum Gasteiger partial charge on any atom is -0.476 e. The number of aryl methyl sites for hydroxylation is 1. The molecule has 3 heterocycles. The summed E-state index contributed by atoms with van der Waals surface area (Å²) in [5.41, 5.74) is 0. The number of fused-ring (bicyclic) bond motifs is 1. The molecule has 0 spiro atoms. The first kappa shape index (κ1) is 14.0. The lowest BCUT2D eigenvalue weighted by Gasteiger charge is -2.14. The smallest absolute Gasteiger partial charge is 0.227 e. The number of aromatic nitrogens is 2. The molecule has 6 heteroatoms. The number of likely N-dealkylation sites (tertiary alicyclic amines) is 1. The molecule has 2 aromatic rings. The number of nitrogens with zero attached hydrogens (tertiary/aromatic N) is 3. The standard InChI is InChI=1S/C14H18ClN3OS/c1-2-10-9-11-12(16-14(15)17-13(11)20-10)19-8-7-18-5-3-4-6-18/h9H,2-8H2,1H3.